The van der Waals surface area contributed by atoms with Crippen LogP contribution in [0.3, 0.4) is 0 Å². The minimum atomic E-state index is -0.487. The average Bonchev–Trinajstić information content (AvgIpc) is 2.86. The van der Waals surface area contributed by atoms with Crippen molar-refractivity contribution in [3.8, 4) is 11.5 Å². The lowest BCUT2D eigenvalue weighted by molar-refractivity contribution is 0.0756. The zero-order chi connectivity index (χ0) is 24.8. The van der Waals surface area contributed by atoms with Gasteiger partial charge in [-0.05, 0) is 31.2 Å². The molecule has 1 aliphatic rings. The van der Waals surface area contributed by atoms with Crippen LogP contribution in [0.1, 0.15) is 6.92 Å². The highest BCUT2D eigenvalue weighted by Gasteiger charge is 2.22. The Morgan fingerprint density at radius 3 is 2.61 bits per heavy atom. The molecule has 4 rings (SSSR count). The van der Waals surface area contributed by atoms with Crippen molar-refractivity contribution in [1.82, 2.24) is 19.8 Å². The Bertz CT molecular complexity index is 1190. The van der Waals surface area contributed by atoms with Crippen LogP contribution in [0.4, 0.5) is 20.7 Å². The fraction of sp³-hybridized carbons (Fsp3) is 0.375. The number of piperazine rings is 1. The fourth-order valence-corrected chi connectivity index (χ4v) is 3.97. The van der Waals surface area contributed by atoms with Gasteiger partial charge in [-0.2, -0.15) is 0 Å². The van der Waals surface area contributed by atoms with Crippen LogP contribution in [0.15, 0.2) is 36.7 Å². The summed E-state index contributed by atoms with van der Waals surface area (Å²) in [7, 11) is 1.55. The van der Waals surface area contributed by atoms with Crippen molar-refractivity contribution in [3.05, 3.63) is 47.5 Å². The Balaban J connectivity index is 0.00000361. The second-order valence-corrected chi connectivity index (χ2v) is 8.30. The van der Waals surface area contributed by atoms with Crippen LogP contribution in [-0.2, 0) is 4.74 Å². The molecule has 194 valence electrons. The second-order valence-electron chi connectivity index (χ2n) is 7.87. The van der Waals surface area contributed by atoms with Gasteiger partial charge in [0.15, 0.2) is 11.5 Å². The zero-order valence-electron chi connectivity index (χ0n) is 20.0. The molecule has 1 N–H and O–H groups in total. The van der Waals surface area contributed by atoms with Crippen LogP contribution in [0, 0.1) is 5.82 Å². The standard InChI is InChI=1S/C24H27ClFN5O4.ClH/c1-3-34-24(32)31-8-6-30(7-9-31)10-11-35-22-14-20-17(13-21(22)33-2)23(28-15-27-20)29-19-5-4-16(25)12-18(19)26;/h4-5,12-15H,3,6-11H2,1-2H3,(H,27,28,29);1H. The van der Waals surface area contributed by atoms with E-state index in [-0.39, 0.29) is 24.2 Å². The molecular formula is C24H28Cl2FN5O4. The van der Waals surface area contributed by atoms with Crippen LogP contribution < -0.4 is 14.8 Å². The second kappa shape index (κ2) is 12.8. The summed E-state index contributed by atoms with van der Waals surface area (Å²) in [6.45, 7) is 6.06. The lowest BCUT2D eigenvalue weighted by atomic mass is 10.2. The molecule has 2 heterocycles. The number of carbonyl (C=O) groups excluding carboxylic acids is 1. The van der Waals surface area contributed by atoms with E-state index in [0.717, 1.165) is 13.1 Å². The summed E-state index contributed by atoms with van der Waals surface area (Å²) in [6, 6.07) is 7.92. The molecule has 0 aliphatic carbocycles. The molecule has 0 unspecified atom stereocenters. The topological polar surface area (TPSA) is 89.1 Å². The summed E-state index contributed by atoms with van der Waals surface area (Å²) in [5, 5.41) is 3.96. The summed E-state index contributed by atoms with van der Waals surface area (Å²) in [5.41, 5.74) is 0.868. The number of benzene rings is 2. The molecule has 2 aromatic carbocycles. The van der Waals surface area contributed by atoms with Gasteiger partial charge in [0.1, 0.15) is 24.6 Å². The van der Waals surface area contributed by atoms with Gasteiger partial charge in [0.2, 0.25) is 0 Å². The molecule has 1 aromatic heterocycles. The van der Waals surface area contributed by atoms with Crippen molar-refractivity contribution < 1.29 is 23.4 Å². The Hall–Kier alpha value is -3.08. The van der Waals surface area contributed by atoms with Crippen molar-refractivity contribution in [2.75, 3.05) is 58.4 Å². The number of ether oxygens (including phenoxy) is 3. The summed E-state index contributed by atoms with van der Waals surface area (Å²) in [4.78, 5) is 24.4. The number of amides is 1. The molecule has 1 amide bonds. The molecule has 0 spiro atoms. The van der Waals surface area contributed by atoms with Crippen molar-refractivity contribution in [1.29, 1.82) is 0 Å². The van der Waals surface area contributed by atoms with Gasteiger partial charge < -0.3 is 24.4 Å². The van der Waals surface area contributed by atoms with E-state index >= 15 is 0 Å². The minimum absolute atomic E-state index is 0. The van der Waals surface area contributed by atoms with Crippen molar-refractivity contribution in [2.45, 2.75) is 6.92 Å². The van der Waals surface area contributed by atoms with E-state index in [1.165, 1.54) is 12.4 Å². The molecule has 0 radical (unpaired) electrons. The number of anilines is 2. The highest BCUT2D eigenvalue weighted by molar-refractivity contribution is 6.30. The van der Waals surface area contributed by atoms with E-state index in [2.05, 4.69) is 20.2 Å². The van der Waals surface area contributed by atoms with Gasteiger partial charge in [-0.25, -0.2) is 19.2 Å². The van der Waals surface area contributed by atoms with Crippen molar-refractivity contribution in [3.63, 3.8) is 0 Å². The molecule has 0 bridgehead atoms. The number of fused-ring (bicyclic) bond motifs is 1. The van der Waals surface area contributed by atoms with Gasteiger partial charge in [-0.1, -0.05) is 11.6 Å². The van der Waals surface area contributed by atoms with Gasteiger partial charge in [-0.15, -0.1) is 12.4 Å². The highest BCUT2D eigenvalue weighted by Crippen LogP contribution is 2.35. The molecule has 12 heteroatoms. The number of nitrogens with zero attached hydrogens (tertiary/aromatic N) is 4. The molecule has 36 heavy (non-hydrogen) atoms. The summed E-state index contributed by atoms with van der Waals surface area (Å²) < 4.78 is 30.9. The summed E-state index contributed by atoms with van der Waals surface area (Å²) in [6.07, 6.45) is 1.14. The number of hydrogen-bond acceptors (Lipinski definition) is 8. The number of aromatic nitrogens is 2. The van der Waals surface area contributed by atoms with E-state index < -0.39 is 5.82 Å². The maximum atomic E-state index is 14.3. The van der Waals surface area contributed by atoms with Crippen molar-refractivity contribution >= 4 is 52.5 Å². The van der Waals surface area contributed by atoms with Gasteiger partial charge >= 0.3 is 6.09 Å². The molecule has 3 aromatic rings. The number of nitrogens with one attached hydrogen (secondary N) is 1. The maximum absolute atomic E-state index is 14.3. The summed E-state index contributed by atoms with van der Waals surface area (Å²) in [5.74, 6) is 1.01. The minimum Gasteiger partial charge on any atom is -0.493 e. The Morgan fingerprint density at radius 2 is 1.92 bits per heavy atom. The number of carbonyl (C=O) groups is 1. The predicted molar refractivity (Wildman–Crippen MR) is 139 cm³/mol. The molecule has 0 saturated carbocycles. The van der Waals surface area contributed by atoms with Crippen LogP contribution in [-0.4, -0.2) is 78.9 Å². The predicted octanol–water partition coefficient (Wildman–Crippen LogP) is 4.75. The fourth-order valence-electron chi connectivity index (χ4n) is 3.81. The van der Waals surface area contributed by atoms with E-state index in [1.54, 1.807) is 43.2 Å². The largest absolute Gasteiger partial charge is 0.493 e. The number of methoxy groups -OCH3 is 1. The van der Waals surface area contributed by atoms with Crippen LogP contribution >= 0.6 is 24.0 Å². The molecule has 1 fully saturated rings. The third-order valence-corrected chi connectivity index (χ3v) is 5.90. The van der Waals surface area contributed by atoms with Gasteiger partial charge in [0, 0.05) is 49.2 Å². The first-order valence-electron chi connectivity index (χ1n) is 11.3. The van der Waals surface area contributed by atoms with E-state index in [4.69, 9.17) is 25.8 Å². The Labute approximate surface area is 219 Å². The maximum Gasteiger partial charge on any atom is 0.409 e. The quantitative estimate of drug-likeness (QED) is 0.438. The summed E-state index contributed by atoms with van der Waals surface area (Å²) >= 11 is 5.85. The Morgan fingerprint density at radius 1 is 1.14 bits per heavy atom. The van der Waals surface area contributed by atoms with Crippen LogP contribution in [0.2, 0.25) is 5.02 Å². The van der Waals surface area contributed by atoms with E-state index in [0.29, 0.717) is 66.1 Å². The van der Waals surface area contributed by atoms with E-state index in [1.807, 2.05) is 0 Å². The molecule has 0 atom stereocenters. The molecule has 1 aliphatic heterocycles. The first-order valence-corrected chi connectivity index (χ1v) is 11.7. The normalized spacial score (nSPS) is 13.7. The molecule has 1 saturated heterocycles. The lowest BCUT2D eigenvalue weighted by Crippen LogP contribution is -2.49. The first kappa shape index (κ1) is 27.5. The third-order valence-electron chi connectivity index (χ3n) is 5.67. The number of rotatable bonds is 8. The smallest absolute Gasteiger partial charge is 0.409 e. The van der Waals surface area contributed by atoms with Crippen molar-refractivity contribution in [2.24, 2.45) is 0 Å². The first-order chi connectivity index (χ1) is 17.0. The molecular weight excluding hydrogens is 512 g/mol. The van der Waals surface area contributed by atoms with Crippen LogP contribution in [0.25, 0.3) is 10.9 Å². The highest BCUT2D eigenvalue weighted by atomic mass is 35.5. The van der Waals surface area contributed by atoms with E-state index in [9.17, 15) is 9.18 Å². The third kappa shape index (κ3) is 6.57. The number of halogens is 3. The van der Waals surface area contributed by atoms with Gasteiger partial charge in [0.05, 0.1) is 24.9 Å². The number of hydrogen-bond donors (Lipinski definition) is 1. The van der Waals surface area contributed by atoms with Gasteiger partial charge in [-0.3, -0.25) is 4.90 Å². The van der Waals surface area contributed by atoms with Crippen LogP contribution in [0.5, 0.6) is 11.5 Å². The average molecular weight is 540 g/mol. The SMILES string of the molecule is CCOC(=O)N1CCN(CCOc2cc3ncnc(Nc4ccc(Cl)cc4F)c3cc2OC)CC1.Cl. The monoisotopic (exact) mass is 539 g/mol. The zero-order valence-corrected chi connectivity index (χ0v) is 21.6. The molecule has 9 nitrogen and oxygen atoms in total. The Kier molecular flexibility index (Phi) is 9.74. The van der Waals surface area contributed by atoms with Gasteiger partial charge in [0.25, 0.3) is 0 Å². The lowest BCUT2D eigenvalue weighted by Gasteiger charge is -2.33.